The summed E-state index contributed by atoms with van der Waals surface area (Å²) in [5.74, 6) is 0.776. The molecule has 3 aliphatic heterocycles. The van der Waals surface area contributed by atoms with Gasteiger partial charge < -0.3 is 29.6 Å². The van der Waals surface area contributed by atoms with Crippen molar-refractivity contribution in [1.82, 2.24) is 25.8 Å². The molecule has 2 unspecified atom stereocenters. The SMILES string of the molecule is COc1ccc2c(c1)C(=O)N(C[C@@]1(c3cc4nc(N5CC(C)NC(C)C5)ccc4o3)NC(=O)NC1=O)C2. The molecule has 0 bridgehead atoms. The average molecular weight is 505 g/mol. The fourth-order valence-electron chi connectivity index (χ4n) is 5.55. The summed E-state index contributed by atoms with van der Waals surface area (Å²) in [4.78, 5) is 47.3. The van der Waals surface area contributed by atoms with E-state index in [0.717, 1.165) is 24.5 Å². The lowest BCUT2D eigenvalue weighted by molar-refractivity contribution is -0.125. The molecular formula is C26H28N6O5. The van der Waals surface area contributed by atoms with Crippen molar-refractivity contribution in [3.05, 3.63) is 53.3 Å². The van der Waals surface area contributed by atoms with Gasteiger partial charge in [-0.25, -0.2) is 9.78 Å². The van der Waals surface area contributed by atoms with Crippen LogP contribution in [-0.4, -0.2) is 66.6 Å². The lowest BCUT2D eigenvalue weighted by Gasteiger charge is -2.36. The summed E-state index contributed by atoms with van der Waals surface area (Å²) < 4.78 is 11.3. The Labute approximate surface area is 213 Å². The average Bonchev–Trinajstić information content (AvgIpc) is 3.51. The summed E-state index contributed by atoms with van der Waals surface area (Å²) in [5.41, 5.74) is 0.804. The van der Waals surface area contributed by atoms with Gasteiger partial charge in [0.15, 0.2) is 11.1 Å². The smallest absolute Gasteiger partial charge is 0.322 e. The van der Waals surface area contributed by atoms with Crippen molar-refractivity contribution in [1.29, 1.82) is 0 Å². The number of amides is 4. The van der Waals surface area contributed by atoms with Crippen LogP contribution < -0.4 is 25.6 Å². The zero-order valence-corrected chi connectivity index (χ0v) is 20.8. The van der Waals surface area contributed by atoms with Crippen LogP contribution in [0.2, 0.25) is 0 Å². The molecule has 2 fully saturated rings. The van der Waals surface area contributed by atoms with Crippen LogP contribution in [0.25, 0.3) is 11.1 Å². The Morgan fingerprint density at radius 3 is 2.59 bits per heavy atom. The van der Waals surface area contributed by atoms with Gasteiger partial charge in [0.1, 0.15) is 22.8 Å². The third kappa shape index (κ3) is 3.86. The Hall–Kier alpha value is -4.12. The number of nitrogens with one attached hydrogen (secondary N) is 3. The highest BCUT2D eigenvalue weighted by Gasteiger charge is 2.53. The summed E-state index contributed by atoms with van der Waals surface area (Å²) in [7, 11) is 1.54. The lowest BCUT2D eigenvalue weighted by Crippen LogP contribution is -2.54. The molecule has 4 amide bonds. The quantitative estimate of drug-likeness (QED) is 0.448. The van der Waals surface area contributed by atoms with E-state index in [9.17, 15) is 14.4 Å². The Bertz CT molecular complexity index is 1430. The highest BCUT2D eigenvalue weighted by atomic mass is 16.5. The minimum atomic E-state index is -1.59. The fourth-order valence-corrected chi connectivity index (χ4v) is 5.55. The predicted molar refractivity (Wildman–Crippen MR) is 134 cm³/mol. The van der Waals surface area contributed by atoms with Gasteiger partial charge in [0.2, 0.25) is 0 Å². The first-order valence-corrected chi connectivity index (χ1v) is 12.3. The number of hydrogen-bond acceptors (Lipinski definition) is 8. The minimum absolute atomic E-state index is 0.0973. The number of benzene rings is 1. The molecule has 3 atom stereocenters. The Kier molecular flexibility index (Phi) is 5.34. The van der Waals surface area contributed by atoms with E-state index in [2.05, 4.69) is 34.7 Å². The number of carbonyl (C=O) groups is 3. The molecule has 11 nitrogen and oxygen atoms in total. The first kappa shape index (κ1) is 23.3. The van der Waals surface area contributed by atoms with Gasteiger partial charge >= 0.3 is 6.03 Å². The number of imide groups is 1. The maximum absolute atomic E-state index is 13.2. The third-order valence-corrected chi connectivity index (χ3v) is 7.23. The first-order valence-electron chi connectivity index (χ1n) is 12.3. The van der Waals surface area contributed by atoms with Gasteiger partial charge in [0.25, 0.3) is 11.8 Å². The highest BCUT2D eigenvalue weighted by Crippen LogP contribution is 2.35. The molecule has 192 valence electrons. The van der Waals surface area contributed by atoms with Gasteiger partial charge in [-0.05, 0) is 43.7 Å². The van der Waals surface area contributed by atoms with Gasteiger partial charge in [0, 0.05) is 43.3 Å². The van der Waals surface area contributed by atoms with Crippen molar-refractivity contribution in [3.8, 4) is 5.75 Å². The predicted octanol–water partition coefficient (Wildman–Crippen LogP) is 1.71. The van der Waals surface area contributed by atoms with E-state index in [-0.39, 0.29) is 18.2 Å². The number of carbonyl (C=O) groups excluding carboxylic acids is 3. The Morgan fingerprint density at radius 1 is 1.11 bits per heavy atom. The van der Waals surface area contributed by atoms with Crippen LogP contribution in [0, 0.1) is 0 Å². The molecule has 37 heavy (non-hydrogen) atoms. The highest BCUT2D eigenvalue weighted by molar-refractivity contribution is 6.08. The molecule has 3 N–H and O–H groups in total. The van der Waals surface area contributed by atoms with Crippen LogP contribution in [0.5, 0.6) is 5.75 Å². The number of anilines is 1. The summed E-state index contributed by atoms with van der Waals surface area (Å²) >= 11 is 0. The second-order valence-corrected chi connectivity index (χ2v) is 10.0. The summed E-state index contributed by atoms with van der Waals surface area (Å²) in [6.45, 7) is 6.11. The monoisotopic (exact) mass is 504 g/mol. The van der Waals surface area contributed by atoms with E-state index >= 15 is 0 Å². The number of methoxy groups -OCH3 is 1. The fraction of sp³-hybridized carbons (Fsp3) is 0.385. The van der Waals surface area contributed by atoms with Crippen molar-refractivity contribution < 1.29 is 23.5 Å². The molecule has 0 aliphatic carbocycles. The number of furan rings is 1. The molecule has 6 rings (SSSR count). The second kappa shape index (κ2) is 8.48. The van der Waals surface area contributed by atoms with Gasteiger partial charge in [-0.3, -0.25) is 14.9 Å². The normalized spacial score (nSPS) is 25.4. The van der Waals surface area contributed by atoms with E-state index < -0.39 is 17.5 Å². The maximum Gasteiger partial charge on any atom is 0.322 e. The van der Waals surface area contributed by atoms with Crippen molar-refractivity contribution in [3.63, 3.8) is 0 Å². The maximum atomic E-state index is 13.2. The van der Waals surface area contributed by atoms with Gasteiger partial charge in [-0.1, -0.05) is 6.07 Å². The molecule has 2 aromatic heterocycles. The van der Waals surface area contributed by atoms with E-state index in [1.165, 1.54) is 12.0 Å². The van der Waals surface area contributed by atoms with Gasteiger partial charge in [-0.2, -0.15) is 0 Å². The molecule has 2 saturated heterocycles. The number of hydrogen-bond donors (Lipinski definition) is 3. The zero-order chi connectivity index (χ0) is 25.9. The number of fused-ring (bicyclic) bond motifs is 2. The number of ether oxygens (including phenoxy) is 1. The number of rotatable bonds is 5. The van der Waals surface area contributed by atoms with E-state index in [4.69, 9.17) is 14.1 Å². The van der Waals surface area contributed by atoms with E-state index in [0.29, 0.717) is 41.0 Å². The summed E-state index contributed by atoms with van der Waals surface area (Å²) in [6, 6.07) is 10.7. The standard InChI is InChI=1S/C26H28N6O5/c1-14-10-31(11-15(2)27-14)22-7-6-20-19(28-22)9-21(37-20)26(24(34)29-25(35)30-26)13-32-12-16-4-5-17(36-3)8-18(16)23(32)33/h4-9,14-15,27H,10-13H2,1-3H3,(H2,29,30,34,35)/t14?,15?,26-/m0/s1. The molecule has 3 aromatic rings. The number of piperazine rings is 1. The topological polar surface area (TPSA) is 129 Å². The molecule has 0 radical (unpaired) electrons. The van der Waals surface area contributed by atoms with Gasteiger partial charge in [0.05, 0.1) is 13.7 Å². The number of aromatic nitrogens is 1. The van der Waals surface area contributed by atoms with E-state index in [1.54, 1.807) is 18.2 Å². The molecular weight excluding hydrogens is 476 g/mol. The number of pyridine rings is 1. The third-order valence-electron chi connectivity index (χ3n) is 7.23. The molecule has 5 heterocycles. The summed E-state index contributed by atoms with van der Waals surface area (Å²) in [5, 5.41) is 8.54. The van der Waals surface area contributed by atoms with Crippen molar-refractivity contribution in [2.24, 2.45) is 0 Å². The summed E-state index contributed by atoms with van der Waals surface area (Å²) in [6.07, 6.45) is 0. The molecule has 3 aliphatic rings. The van der Waals surface area contributed by atoms with Crippen molar-refractivity contribution in [2.75, 3.05) is 31.6 Å². The van der Waals surface area contributed by atoms with Crippen LogP contribution in [0.1, 0.15) is 35.5 Å². The van der Waals surface area contributed by atoms with E-state index in [1.807, 2.05) is 18.2 Å². The van der Waals surface area contributed by atoms with Crippen LogP contribution >= 0.6 is 0 Å². The zero-order valence-electron chi connectivity index (χ0n) is 20.8. The Balaban J connectivity index is 1.34. The van der Waals surface area contributed by atoms with Gasteiger partial charge in [-0.15, -0.1) is 0 Å². The van der Waals surface area contributed by atoms with Crippen LogP contribution in [-0.2, 0) is 16.9 Å². The molecule has 1 aromatic carbocycles. The van der Waals surface area contributed by atoms with Crippen LogP contribution in [0.15, 0.2) is 40.8 Å². The minimum Gasteiger partial charge on any atom is -0.497 e. The lowest BCUT2D eigenvalue weighted by atomic mass is 9.95. The molecule has 11 heteroatoms. The van der Waals surface area contributed by atoms with Crippen LogP contribution in [0.4, 0.5) is 10.6 Å². The molecule has 0 spiro atoms. The van der Waals surface area contributed by atoms with Crippen molar-refractivity contribution in [2.45, 2.75) is 38.0 Å². The molecule has 0 saturated carbocycles. The van der Waals surface area contributed by atoms with Crippen molar-refractivity contribution >= 4 is 34.8 Å². The number of nitrogens with zero attached hydrogens (tertiary/aromatic N) is 3. The first-order chi connectivity index (χ1) is 17.8. The van der Waals surface area contributed by atoms with Crippen LogP contribution in [0.3, 0.4) is 0 Å². The Morgan fingerprint density at radius 2 is 1.89 bits per heavy atom. The number of urea groups is 1. The largest absolute Gasteiger partial charge is 0.497 e. The second-order valence-electron chi connectivity index (χ2n) is 10.0.